The van der Waals surface area contributed by atoms with E-state index in [0.717, 1.165) is 40.6 Å². The Morgan fingerprint density at radius 1 is 1.29 bits per heavy atom. The van der Waals surface area contributed by atoms with Crippen LogP contribution in [0.2, 0.25) is 0 Å². The number of nitrogens with one attached hydrogen (secondary N) is 3. The summed E-state index contributed by atoms with van der Waals surface area (Å²) in [6.07, 6.45) is 2.90. The van der Waals surface area contributed by atoms with Crippen molar-refractivity contribution >= 4 is 44.5 Å². The number of carbonyl (C=O) groups is 1. The van der Waals surface area contributed by atoms with E-state index >= 15 is 0 Å². The van der Waals surface area contributed by atoms with E-state index in [4.69, 9.17) is 4.98 Å². The Balaban J connectivity index is 1.84. The SMILES string of the molecule is CCCn1cc2c(C3C(=O)Nc4ccc(Br)cc43)nc(NCCNC)nc2n1. The molecule has 0 spiro atoms. The van der Waals surface area contributed by atoms with Crippen molar-refractivity contribution in [3.63, 3.8) is 0 Å². The zero-order valence-corrected chi connectivity index (χ0v) is 17.4. The Morgan fingerprint density at radius 3 is 2.93 bits per heavy atom. The number of anilines is 2. The zero-order chi connectivity index (χ0) is 19.7. The van der Waals surface area contributed by atoms with Crippen LogP contribution in [-0.4, -0.2) is 45.8 Å². The molecule has 1 unspecified atom stereocenters. The van der Waals surface area contributed by atoms with E-state index < -0.39 is 5.92 Å². The molecule has 0 saturated heterocycles. The molecule has 1 amide bonds. The Hall–Kier alpha value is -2.52. The molecule has 3 N–H and O–H groups in total. The first kappa shape index (κ1) is 18.8. The monoisotopic (exact) mass is 443 g/mol. The van der Waals surface area contributed by atoms with Crippen LogP contribution in [0.15, 0.2) is 28.9 Å². The summed E-state index contributed by atoms with van der Waals surface area (Å²) in [7, 11) is 1.89. The van der Waals surface area contributed by atoms with Crippen molar-refractivity contribution in [1.29, 1.82) is 0 Å². The molecule has 1 aliphatic rings. The predicted octanol–water partition coefficient (Wildman–Crippen LogP) is 2.71. The van der Waals surface area contributed by atoms with Gasteiger partial charge in [-0.1, -0.05) is 22.9 Å². The molecule has 4 rings (SSSR count). The van der Waals surface area contributed by atoms with Gasteiger partial charge < -0.3 is 16.0 Å². The second kappa shape index (κ2) is 7.84. The highest BCUT2D eigenvalue weighted by atomic mass is 79.9. The van der Waals surface area contributed by atoms with Gasteiger partial charge in [-0.25, -0.2) is 4.98 Å². The number of amides is 1. The average Bonchev–Trinajstić information content (AvgIpc) is 3.21. The molecule has 0 bridgehead atoms. The molecule has 3 aromatic rings. The van der Waals surface area contributed by atoms with Crippen molar-refractivity contribution in [3.8, 4) is 0 Å². The number of aryl methyl sites for hydroxylation is 1. The summed E-state index contributed by atoms with van der Waals surface area (Å²) in [4.78, 5) is 22.1. The molecular weight excluding hydrogens is 422 g/mol. The number of halogens is 1. The zero-order valence-electron chi connectivity index (χ0n) is 15.8. The van der Waals surface area contributed by atoms with E-state index in [1.54, 1.807) is 0 Å². The van der Waals surface area contributed by atoms with Crippen molar-refractivity contribution in [2.24, 2.45) is 0 Å². The lowest BCUT2D eigenvalue weighted by Gasteiger charge is -2.12. The quantitative estimate of drug-likeness (QED) is 0.485. The van der Waals surface area contributed by atoms with Crippen molar-refractivity contribution in [1.82, 2.24) is 25.1 Å². The maximum atomic E-state index is 12.8. The summed E-state index contributed by atoms with van der Waals surface area (Å²) < 4.78 is 2.79. The third kappa shape index (κ3) is 3.47. The van der Waals surface area contributed by atoms with Gasteiger partial charge in [-0.05, 0) is 37.2 Å². The summed E-state index contributed by atoms with van der Waals surface area (Å²) >= 11 is 3.51. The minimum absolute atomic E-state index is 0.0856. The van der Waals surface area contributed by atoms with Crippen molar-refractivity contribution in [3.05, 3.63) is 40.1 Å². The van der Waals surface area contributed by atoms with Gasteiger partial charge in [0.05, 0.1) is 11.1 Å². The number of aromatic nitrogens is 4. The van der Waals surface area contributed by atoms with Crippen molar-refractivity contribution < 1.29 is 4.79 Å². The van der Waals surface area contributed by atoms with Crippen LogP contribution in [0.4, 0.5) is 11.6 Å². The Kier molecular flexibility index (Phi) is 5.27. The molecule has 1 aliphatic heterocycles. The van der Waals surface area contributed by atoms with Gasteiger partial charge >= 0.3 is 0 Å². The molecule has 2 aromatic heterocycles. The van der Waals surface area contributed by atoms with Crippen LogP contribution in [-0.2, 0) is 11.3 Å². The summed E-state index contributed by atoms with van der Waals surface area (Å²) in [5, 5.41) is 14.7. The fourth-order valence-corrected chi connectivity index (χ4v) is 3.80. The maximum Gasteiger partial charge on any atom is 0.238 e. The Bertz CT molecular complexity index is 1030. The van der Waals surface area contributed by atoms with Crippen LogP contribution in [0.1, 0.15) is 30.5 Å². The van der Waals surface area contributed by atoms with E-state index in [9.17, 15) is 4.79 Å². The van der Waals surface area contributed by atoms with Gasteiger partial charge in [0.15, 0.2) is 5.65 Å². The molecule has 0 saturated carbocycles. The van der Waals surface area contributed by atoms with Gasteiger partial charge in [0.1, 0.15) is 5.92 Å². The van der Waals surface area contributed by atoms with Crippen LogP contribution in [0, 0.1) is 0 Å². The lowest BCUT2D eigenvalue weighted by molar-refractivity contribution is -0.116. The van der Waals surface area contributed by atoms with Crippen LogP contribution in [0.25, 0.3) is 11.0 Å². The third-order valence-corrected chi connectivity index (χ3v) is 5.18. The first-order chi connectivity index (χ1) is 13.6. The molecule has 8 nitrogen and oxygen atoms in total. The van der Waals surface area contributed by atoms with E-state index in [2.05, 4.69) is 48.9 Å². The third-order valence-electron chi connectivity index (χ3n) is 4.69. The van der Waals surface area contributed by atoms with Gasteiger partial charge in [0, 0.05) is 36.0 Å². The minimum Gasteiger partial charge on any atom is -0.353 e. The molecule has 146 valence electrons. The number of fused-ring (bicyclic) bond motifs is 2. The number of hydrogen-bond acceptors (Lipinski definition) is 6. The van der Waals surface area contributed by atoms with Crippen LogP contribution >= 0.6 is 15.9 Å². The number of likely N-dealkylation sites (N-methyl/N-ethyl adjacent to an activating group) is 1. The highest BCUT2D eigenvalue weighted by Gasteiger charge is 2.35. The standard InChI is InChI=1S/C19H22BrN7O/c1-3-8-27-10-13-16(24-19(22-7-6-21-2)25-17(13)26-27)15-12-9-11(20)4-5-14(12)23-18(15)28/h4-5,9-10,15,21H,3,6-8H2,1-2H3,(H,23,28)(H,22,25,26). The molecule has 0 radical (unpaired) electrons. The fraction of sp³-hybridized carbons (Fsp3) is 0.368. The Morgan fingerprint density at radius 2 is 2.14 bits per heavy atom. The molecular formula is C19H22BrN7O. The second-order valence-electron chi connectivity index (χ2n) is 6.75. The molecule has 28 heavy (non-hydrogen) atoms. The normalized spacial score (nSPS) is 15.7. The first-order valence-corrected chi connectivity index (χ1v) is 10.1. The van der Waals surface area contributed by atoms with E-state index in [1.165, 1.54) is 0 Å². The number of carbonyl (C=O) groups excluding carboxylic acids is 1. The van der Waals surface area contributed by atoms with Crippen molar-refractivity contribution in [2.45, 2.75) is 25.8 Å². The molecule has 0 aliphatic carbocycles. The maximum absolute atomic E-state index is 12.8. The van der Waals surface area contributed by atoms with Gasteiger partial charge in [-0.15, -0.1) is 0 Å². The summed E-state index contributed by atoms with van der Waals surface area (Å²) in [5.41, 5.74) is 3.00. The lowest BCUT2D eigenvalue weighted by Crippen LogP contribution is -2.20. The summed E-state index contributed by atoms with van der Waals surface area (Å²) in [6, 6.07) is 5.79. The van der Waals surface area contributed by atoms with E-state index in [0.29, 0.717) is 23.8 Å². The predicted molar refractivity (Wildman–Crippen MR) is 113 cm³/mol. The van der Waals surface area contributed by atoms with Crippen molar-refractivity contribution in [2.75, 3.05) is 30.8 Å². The highest BCUT2D eigenvalue weighted by Crippen LogP contribution is 2.40. The minimum atomic E-state index is -0.498. The summed E-state index contributed by atoms with van der Waals surface area (Å²) in [6.45, 7) is 4.34. The lowest BCUT2D eigenvalue weighted by atomic mass is 9.95. The molecule has 0 fully saturated rings. The smallest absolute Gasteiger partial charge is 0.238 e. The van der Waals surface area contributed by atoms with Gasteiger partial charge in [0.25, 0.3) is 0 Å². The second-order valence-corrected chi connectivity index (χ2v) is 7.66. The van der Waals surface area contributed by atoms with Gasteiger partial charge in [-0.3, -0.25) is 9.48 Å². The average molecular weight is 444 g/mol. The number of benzene rings is 1. The van der Waals surface area contributed by atoms with Crippen LogP contribution in [0.5, 0.6) is 0 Å². The molecule has 3 heterocycles. The van der Waals surface area contributed by atoms with Gasteiger partial charge in [-0.2, -0.15) is 10.1 Å². The fourth-order valence-electron chi connectivity index (χ4n) is 3.42. The number of hydrogen-bond donors (Lipinski definition) is 3. The summed E-state index contributed by atoms with van der Waals surface area (Å²) in [5.74, 6) is -0.101. The number of nitrogens with zero attached hydrogens (tertiary/aromatic N) is 4. The first-order valence-electron chi connectivity index (χ1n) is 9.34. The van der Waals surface area contributed by atoms with E-state index in [1.807, 2.05) is 36.1 Å². The number of rotatable bonds is 7. The van der Waals surface area contributed by atoms with Crippen LogP contribution < -0.4 is 16.0 Å². The molecule has 1 aromatic carbocycles. The molecule has 9 heteroatoms. The van der Waals surface area contributed by atoms with Gasteiger partial charge in [0.2, 0.25) is 11.9 Å². The topological polar surface area (TPSA) is 96.8 Å². The van der Waals surface area contributed by atoms with Crippen LogP contribution in [0.3, 0.4) is 0 Å². The Labute approximate surface area is 171 Å². The molecule has 1 atom stereocenters. The largest absolute Gasteiger partial charge is 0.353 e. The van der Waals surface area contributed by atoms with E-state index in [-0.39, 0.29) is 5.91 Å². The highest BCUT2D eigenvalue weighted by molar-refractivity contribution is 9.10.